The summed E-state index contributed by atoms with van der Waals surface area (Å²) in [5.41, 5.74) is 1.45. The first-order valence-electron chi connectivity index (χ1n) is 8.97. The van der Waals surface area contributed by atoms with E-state index in [0.29, 0.717) is 28.4 Å². The summed E-state index contributed by atoms with van der Waals surface area (Å²) in [6.07, 6.45) is 0. The van der Waals surface area contributed by atoms with Crippen molar-refractivity contribution in [1.29, 1.82) is 0 Å². The van der Waals surface area contributed by atoms with E-state index in [1.807, 2.05) is 13.8 Å². The van der Waals surface area contributed by atoms with Crippen molar-refractivity contribution in [2.24, 2.45) is 0 Å². The summed E-state index contributed by atoms with van der Waals surface area (Å²) in [4.78, 5) is 35.9. The summed E-state index contributed by atoms with van der Waals surface area (Å²) < 4.78 is 10.1. The standard InChI is InChI=1S/C21H23ClN2O5/c1-13(2)24-21(27)23-11-14-4-6-15(7-5-14)20(26)29-12-18(25)16-8-9-19(28-3)17(22)10-16/h4-10,13H,11-12H2,1-3H3,(H2,23,24,27). The number of hydrogen-bond acceptors (Lipinski definition) is 5. The zero-order valence-electron chi connectivity index (χ0n) is 16.5. The highest BCUT2D eigenvalue weighted by molar-refractivity contribution is 6.32. The number of methoxy groups -OCH3 is 1. The lowest BCUT2D eigenvalue weighted by Crippen LogP contribution is -2.39. The van der Waals surface area contributed by atoms with E-state index < -0.39 is 12.6 Å². The first-order valence-corrected chi connectivity index (χ1v) is 9.35. The van der Waals surface area contributed by atoms with Gasteiger partial charge >= 0.3 is 12.0 Å². The molecule has 0 radical (unpaired) electrons. The van der Waals surface area contributed by atoms with Gasteiger partial charge in [-0.05, 0) is 49.7 Å². The molecule has 0 aliphatic heterocycles. The average molecular weight is 419 g/mol. The van der Waals surface area contributed by atoms with Crippen molar-refractivity contribution in [2.75, 3.05) is 13.7 Å². The molecule has 2 aromatic carbocycles. The van der Waals surface area contributed by atoms with E-state index in [1.165, 1.54) is 13.2 Å². The van der Waals surface area contributed by atoms with Crippen LogP contribution in [0.15, 0.2) is 42.5 Å². The second kappa shape index (κ2) is 10.5. The van der Waals surface area contributed by atoms with E-state index in [2.05, 4.69) is 10.6 Å². The molecule has 0 aliphatic rings. The Labute approximate surface area is 174 Å². The van der Waals surface area contributed by atoms with Gasteiger partial charge in [-0.15, -0.1) is 0 Å². The van der Waals surface area contributed by atoms with Gasteiger partial charge < -0.3 is 20.1 Å². The third-order valence-corrected chi connectivity index (χ3v) is 4.17. The molecule has 2 N–H and O–H groups in total. The quantitative estimate of drug-likeness (QED) is 0.504. The highest BCUT2D eigenvalue weighted by atomic mass is 35.5. The third kappa shape index (κ3) is 6.80. The van der Waals surface area contributed by atoms with Gasteiger partial charge in [-0.25, -0.2) is 9.59 Å². The molecule has 0 saturated carbocycles. The van der Waals surface area contributed by atoms with E-state index in [1.54, 1.807) is 36.4 Å². The number of carbonyl (C=O) groups is 3. The lowest BCUT2D eigenvalue weighted by molar-refractivity contribution is 0.0474. The fourth-order valence-corrected chi connectivity index (χ4v) is 2.65. The van der Waals surface area contributed by atoms with E-state index >= 15 is 0 Å². The number of Topliss-reactive ketones (excluding diaryl/α,β-unsaturated/α-hetero) is 1. The number of carbonyl (C=O) groups excluding carboxylic acids is 3. The van der Waals surface area contributed by atoms with Crippen LogP contribution in [0.2, 0.25) is 5.02 Å². The summed E-state index contributed by atoms with van der Waals surface area (Å²) in [5.74, 6) is -0.536. The van der Waals surface area contributed by atoms with Gasteiger partial charge in [0.1, 0.15) is 5.75 Å². The number of ether oxygens (including phenoxy) is 2. The van der Waals surface area contributed by atoms with Crippen molar-refractivity contribution in [2.45, 2.75) is 26.4 Å². The smallest absolute Gasteiger partial charge is 0.338 e. The van der Waals surface area contributed by atoms with Gasteiger partial charge in [0.2, 0.25) is 0 Å². The van der Waals surface area contributed by atoms with Crippen molar-refractivity contribution < 1.29 is 23.9 Å². The molecule has 0 saturated heterocycles. The van der Waals surface area contributed by atoms with Crippen LogP contribution in [0.5, 0.6) is 5.75 Å². The van der Waals surface area contributed by atoms with Gasteiger partial charge in [-0.2, -0.15) is 0 Å². The first kappa shape index (κ1) is 22.2. The zero-order valence-corrected chi connectivity index (χ0v) is 17.2. The highest BCUT2D eigenvalue weighted by Gasteiger charge is 2.13. The number of benzene rings is 2. The summed E-state index contributed by atoms with van der Waals surface area (Å²) in [5, 5.41) is 5.74. The van der Waals surface area contributed by atoms with E-state index in [4.69, 9.17) is 21.1 Å². The number of hydrogen-bond donors (Lipinski definition) is 2. The Morgan fingerprint density at radius 3 is 2.28 bits per heavy atom. The average Bonchev–Trinajstić information content (AvgIpc) is 2.70. The molecule has 0 spiro atoms. The van der Waals surface area contributed by atoms with Crippen LogP contribution in [-0.2, 0) is 11.3 Å². The van der Waals surface area contributed by atoms with Crippen LogP contribution in [-0.4, -0.2) is 37.5 Å². The number of nitrogens with one attached hydrogen (secondary N) is 2. The Morgan fingerprint density at radius 2 is 1.69 bits per heavy atom. The van der Waals surface area contributed by atoms with Crippen LogP contribution in [0.3, 0.4) is 0 Å². The molecule has 0 aliphatic carbocycles. The van der Waals surface area contributed by atoms with Crippen LogP contribution in [0.25, 0.3) is 0 Å². The molecule has 0 atom stereocenters. The lowest BCUT2D eigenvalue weighted by Gasteiger charge is -2.10. The van der Waals surface area contributed by atoms with Crippen LogP contribution in [0, 0.1) is 0 Å². The van der Waals surface area contributed by atoms with Crippen LogP contribution < -0.4 is 15.4 Å². The van der Waals surface area contributed by atoms with Gasteiger partial charge in [-0.3, -0.25) is 4.79 Å². The van der Waals surface area contributed by atoms with Crippen molar-refractivity contribution in [1.82, 2.24) is 10.6 Å². The summed E-state index contributed by atoms with van der Waals surface area (Å²) in [6, 6.07) is 10.9. The summed E-state index contributed by atoms with van der Waals surface area (Å²) >= 11 is 6.00. The van der Waals surface area contributed by atoms with Crippen LogP contribution in [0.1, 0.15) is 40.1 Å². The fourth-order valence-electron chi connectivity index (χ4n) is 2.39. The Kier molecular flexibility index (Phi) is 8.03. The van der Waals surface area contributed by atoms with Gasteiger partial charge in [0, 0.05) is 18.2 Å². The summed E-state index contributed by atoms with van der Waals surface area (Å²) in [7, 11) is 1.48. The zero-order chi connectivity index (χ0) is 21.4. The van der Waals surface area contributed by atoms with E-state index in [0.717, 1.165) is 5.56 Å². The predicted molar refractivity (Wildman–Crippen MR) is 110 cm³/mol. The Bertz CT molecular complexity index is 881. The number of amides is 2. The minimum absolute atomic E-state index is 0.0452. The lowest BCUT2D eigenvalue weighted by atomic mass is 10.1. The van der Waals surface area contributed by atoms with Crippen LogP contribution >= 0.6 is 11.6 Å². The van der Waals surface area contributed by atoms with Crippen molar-refractivity contribution in [3.63, 3.8) is 0 Å². The molecule has 2 rings (SSSR count). The van der Waals surface area contributed by atoms with Crippen LogP contribution in [0.4, 0.5) is 4.79 Å². The molecule has 8 heteroatoms. The second-order valence-corrected chi connectivity index (χ2v) is 6.93. The number of halogens is 1. The molecule has 0 unspecified atom stereocenters. The van der Waals surface area contributed by atoms with Crippen molar-refractivity contribution in [3.05, 3.63) is 64.2 Å². The second-order valence-electron chi connectivity index (χ2n) is 6.53. The minimum atomic E-state index is -0.616. The Hall–Kier alpha value is -3.06. The van der Waals surface area contributed by atoms with E-state index in [9.17, 15) is 14.4 Å². The topological polar surface area (TPSA) is 93.7 Å². The van der Waals surface area contributed by atoms with Gasteiger partial charge in [0.05, 0.1) is 17.7 Å². The van der Waals surface area contributed by atoms with Crippen molar-refractivity contribution >= 4 is 29.4 Å². The van der Waals surface area contributed by atoms with Gasteiger partial charge in [0.25, 0.3) is 0 Å². The number of ketones is 1. The molecule has 2 amide bonds. The molecule has 0 fully saturated rings. The fraction of sp³-hybridized carbons (Fsp3) is 0.286. The molecular formula is C21H23ClN2O5. The highest BCUT2D eigenvalue weighted by Crippen LogP contribution is 2.25. The molecule has 7 nitrogen and oxygen atoms in total. The monoisotopic (exact) mass is 418 g/mol. The van der Waals surface area contributed by atoms with Gasteiger partial charge in [-0.1, -0.05) is 23.7 Å². The Morgan fingerprint density at radius 1 is 1.03 bits per heavy atom. The van der Waals surface area contributed by atoms with Gasteiger partial charge in [0.15, 0.2) is 12.4 Å². The summed E-state index contributed by atoms with van der Waals surface area (Å²) in [6.45, 7) is 3.66. The minimum Gasteiger partial charge on any atom is -0.495 e. The van der Waals surface area contributed by atoms with E-state index in [-0.39, 0.29) is 17.9 Å². The predicted octanol–water partition coefficient (Wildman–Crippen LogP) is 3.60. The maximum absolute atomic E-state index is 12.2. The molecule has 0 bridgehead atoms. The first-order chi connectivity index (χ1) is 13.8. The maximum atomic E-state index is 12.2. The molecule has 2 aromatic rings. The normalized spacial score (nSPS) is 10.4. The Balaban J connectivity index is 1.86. The molecule has 154 valence electrons. The number of esters is 1. The molecule has 0 heterocycles. The number of urea groups is 1. The molecule has 29 heavy (non-hydrogen) atoms. The number of rotatable bonds is 8. The molecular weight excluding hydrogens is 396 g/mol. The maximum Gasteiger partial charge on any atom is 0.338 e. The SMILES string of the molecule is COc1ccc(C(=O)COC(=O)c2ccc(CNC(=O)NC(C)C)cc2)cc1Cl. The third-order valence-electron chi connectivity index (χ3n) is 3.87. The molecule has 0 aromatic heterocycles. The van der Waals surface area contributed by atoms with Crippen molar-refractivity contribution in [3.8, 4) is 5.75 Å². The largest absolute Gasteiger partial charge is 0.495 e.